The first-order chi connectivity index (χ1) is 18.3. The van der Waals surface area contributed by atoms with Gasteiger partial charge >= 0.3 is 18.2 Å². The SMILES string of the molecule is COC(=O)NCc1cnc(Oc2ccc(N(C(=O)c3ccc(C)cc3)C(C)C)c(C(=O)O)c2)c(C(F)(F)F)c1. The van der Waals surface area contributed by atoms with Gasteiger partial charge in [-0.05, 0) is 62.7 Å². The van der Waals surface area contributed by atoms with Crippen molar-refractivity contribution >= 4 is 23.7 Å². The summed E-state index contributed by atoms with van der Waals surface area (Å²) in [6, 6.07) is 10.6. The zero-order chi connectivity index (χ0) is 28.9. The molecule has 2 N–H and O–H groups in total. The van der Waals surface area contributed by atoms with Crippen LogP contribution in [0.15, 0.2) is 54.7 Å². The van der Waals surface area contributed by atoms with Crippen LogP contribution in [0.4, 0.5) is 23.7 Å². The predicted molar refractivity (Wildman–Crippen MR) is 135 cm³/mol. The van der Waals surface area contributed by atoms with Crippen molar-refractivity contribution in [3.05, 3.63) is 82.5 Å². The number of anilines is 1. The molecule has 0 bridgehead atoms. The second-order valence-electron chi connectivity index (χ2n) is 8.76. The van der Waals surface area contributed by atoms with Gasteiger partial charge in [0.1, 0.15) is 11.3 Å². The number of methoxy groups -OCH3 is 1. The number of nitrogens with zero attached hydrogens (tertiary/aromatic N) is 2. The van der Waals surface area contributed by atoms with E-state index in [2.05, 4.69) is 15.0 Å². The summed E-state index contributed by atoms with van der Waals surface area (Å²) >= 11 is 0. The maximum Gasteiger partial charge on any atom is 0.421 e. The number of rotatable bonds is 8. The van der Waals surface area contributed by atoms with Crippen LogP contribution in [0.2, 0.25) is 0 Å². The quantitative estimate of drug-likeness (QED) is 0.367. The summed E-state index contributed by atoms with van der Waals surface area (Å²) in [6.45, 7) is 5.00. The van der Waals surface area contributed by atoms with E-state index in [1.807, 2.05) is 6.92 Å². The number of nitrogens with one attached hydrogen (secondary N) is 1. The Hall–Kier alpha value is -4.61. The van der Waals surface area contributed by atoms with E-state index in [-0.39, 0.29) is 29.1 Å². The number of hydrogen-bond donors (Lipinski definition) is 2. The monoisotopic (exact) mass is 545 g/mol. The minimum Gasteiger partial charge on any atom is -0.478 e. The summed E-state index contributed by atoms with van der Waals surface area (Å²) < 4.78 is 51.1. The maximum absolute atomic E-state index is 13.8. The number of carbonyl (C=O) groups excluding carboxylic acids is 2. The van der Waals surface area contributed by atoms with Crippen LogP contribution >= 0.6 is 0 Å². The smallest absolute Gasteiger partial charge is 0.421 e. The third-order valence-corrected chi connectivity index (χ3v) is 5.54. The van der Waals surface area contributed by atoms with Gasteiger partial charge in [0.2, 0.25) is 5.88 Å². The summed E-state index contributed by atoms with van der Waals surface area (Å²) in [5.41, 5.74) is -0.227. The first kappa shape index (κ1) is 29.0. The molecule has 0 aliphatic rings. The first-order valence-corrected chi connectivity index (χ1v) is 11.6. The topological polar surface area (TPSA) is 118 Å². The van der Waals surface area contributed by atoms with E-state index in [4.69, 9.17) is 4.74 Å². The van der Waals surface area contributed by atoms with Crippen molar-refractivity contribution in [2.24, 2.45) is 0 Å². The van der Waals surface area contributed by atoms with Crippen LogP contribution in [0, 0.1) is 6.92 Å². The Morgan fingerprint density at radius 2 is 1.74 bits per heavy atom. The van der Waals surface area contributed by atoms with Gasteiger partial charge in [-0.1, -0.05) is 17.7 Å². The number of carboxylic acids is 1. The second kappa shape index (κ2) is 11.8. The standard InChI is InChI=1S/C27H26F3N3O6/c1-15(2)33(24(34)18-7-5-16(3)6-8-18)22-10-9-19(12-20(22)25(35)36)39-23-21(27(28,29)30)11-17(13-31-23)14-32-26(37)38-4/h5-13,15H,14H2,1-4H3,(H,32,37)(H,35,36). The van der Waals surface area contributed by atoms with Gasteiger partial charge in [-0.15, -0.1) is 0 Å². The number of aryl methyl sites for hydroxylation is 1. The molecule has 12 heteroatoms. The second-order valence-corrected chi connectivity index (χ2v) is 8.76. The highest BCUT2D eigenvalue weighted by Gasteiger charge is 2.36. The number of halogens is 3. The van der Waals surface area contributed by atoms with Crippen molar-refractivity contribution in [3.8, 4) is 11.6 Å². The van der Waals surface area contributed by atoms with Gasteiger partial charge in [-0.3, -0.25) is 4.79 Å². The molecule has 0 saturated carbocycles. The van der Waals surface area contributed by atoms with Crippen molar-refractivity contribution < 1.29 is 42.1 Å². The predicted octanol–water partition coefficient (Wildman–Crippen LogP) is 5.81. The number of aromatic nitrogens is 1. The fourth-order valence-corrected chi connectivity index (χ4v) is 3.65. The lowest BCUT2D eigenvalue weighted by Crippen LogP contribution is -2.38. The molecule has 39 heavy (non-hydrogen) atoms. The molecule has 0 spiro atoms. The largest absolute Gasteiger partial charge is 0.478 e. The lowest BCUT2D eigenvalue weighted by atomic mass is 10.1. The third kappa shape index (κ3) is 7.03. The van der Waals surface area contributed by atoms with E-state index in [0.29, 0.717) is 5.56 Å². The molecule has 0 aliphatic carbocycles. The van der Waals surface area contributed by atoms with Gasteiger partial charge in [0, 0.05) is 24.3 Å². The van der Waals surface area contributed by atoms with Crippen LogP contribution in [-0.4, -0.2) is 41.2 Å². The molecule has 206 valence electrons. The van der Waals surface area contributed by atoms with Crippen molar-refractivity contribution in [2.45, 2.75) is 39.5 Å². The van der Waals surface area contributed by atoms with Gasteiger partial charge in [-0.25, -0.2) is 14.6 Å². The van der Waals surface area contributed by atoms with Crippen molar-refractivity contribution in [3.63, 3.8) is 0 Å². The molecule has 9 nitrogen and oxygen atoms in total. The Kier molecular flexibility index (Phi) is 8.79. The molecule has 0 saturated heterocycles. The van der Waals surface area contributed by atoms with Gasteiger partial charge < -0.3 is 24.8 Å². The summed E-state index contributed by atoms with van der Waals surface area (Å²) in [4.78, 5) is 41.7. The fourth-order valence-electron chi connectivity index (χ4n) is 3.65. The molecule has 2 aromatic carbocycles. The maximum atomic E-state index is 13.8. The normalized spacial score (nSPS) is 11.2. The molecular weight excluding hydrogens is 519 g/mol. The van der Waals surface area contributed by atoms with Crippen LogP contribution < -0.4 is 15.0 Å². The number of benzene rings is 2. The number of carboxylic acid groups (broad SMARTS) is 1. The summed E-state index contributed by atoms with van der Waals surface area (Å²) in [5, 5.41) is 12.1. The number of hydrogen-bond acceptors (Lipinski definition) is 6. The third-order valence-electron chi connectivity index (χ3n) is 5.54. The number of amides is 2. The average molecular weight is 546 g/mol. The van der Waals surface area contributed by atoms with E-state index in [0.717, 1.165) is 31.0 Å². The number of aromatic carboxylic acids is 1. The highest BCUT2D eigenvalue weighted by atomic mass is 19.4. The number of pyridine rings is 1. The molecule has 3 aromatic rings. The summed E-state index contributed by atoms with van der Waals surface area (Å²) in [5.74, 6) is -2.91. The Morgan fingerprint density at radius 3 is 2.31 bits per heavy atom. The molecule has 0 fully saturated rings. The Bertz CT molecular complexity index is 1370. The number of ether oxygens (including phenoxy) is 2. The highest BCUT2D eigenvalue weighted by Crippen LogP contribution is 2.38. The molecule has 3 rings (SSSR count). The van der Waals surface area contributed by atoms with Crippen molar-refractivity contribution in [2.75, 3.05) is 12.0 Å². The first-order valence-electron chi connectivity index (χ1n) is 11.6. The molecule has 0 radical (unpaired) electrons. The number of alkyl halides is 3. The molecule has 1 heterocycles. The van der Waals surface area contributed by atoms with Gasteiger partial charge in [-0.2, -0.15) is 13.2 Å². The van der Waals surface area contributed by atoms with Crippen molar-refractivity contribution in [1.29, 1.82) is 0 Å². The highest BCUT2D eigenvalue weighted by molar-refractivity contribution is 6.09. The van der Waals surface area contributed by atoms with Crippen LogP contribution in [0.1, 0.15) is 51.3 Å². The Morgan fingerprint density at radius 1 is 1.08 bits per heavy atom. The van der Waals surface area contributed by atoms with Gasteiger partial charge in [0.15, 0.2) is 0 Å². The molecular formula is C27H26F3N3O6. The van der Waals surface area contributed by atoms with E-state index in [1.54, 1.807) is 38.1 Å². The Balaban J connectivity index is 1.98. The van der Waals surface area contributed by atoms with E-state index in [9.17, 15) is 32.7 Å². The summed E-state index contributed by atoms with van der Waals surface area (Å²) in [6.07, 6.45) is -4.62. The van der Waals surface area contributed by atoms with E-state index < -0.39 is 41.6 Å². The zero-order valence-corrected chi connectivity index (χ0v) is 21.5. The summed E-state index contributed by atoms with van der Waals surface area (Å²) in [7, 11) is 1.11. The van der Waals surface area contributed by atoms with E-state index >= 15 is 0 Å². The van der Waals surface area contributed by atoms with Crippen LogP contribution in [0.3, 0.4) is 0 Å². The van der Waals surface area contributed by atoms with E-state index in [1.165, 1.54) is 17.0 Å². The molecule has 0 unspecified atom stereocenters. The minimum absolute atomic E-state index is 0.0313. The molecule has 0 aliphatic heterocycles. The van der Waals surface area contributed by atoms with Crippen LogP contribution in [-0.2, 0) is 17.5 Å². The van der Waals surface area contributed by atoms with Gasteiger partial charge in [0.25, 0.3) is 5.91 Å². The average Bonchev–Trinajstić information content (AvgIpc) is 2.88. The minimum atomic E-state index is -4.87. The molecule has 2 amide bonds. The lowest BCUT2D eigenvalue weighted by Gasteiger charge is -2.28. The molecule has 1 aromatic heterocycles. The van der Waals surface area contributed by atoms with Crippen LogP contribution in [0.5, 0.6) is 11.6 Å². The number of alkyl carbamates (subject to hydrolysis) is 1. The lowest BCUT2D eigenvalue weighted by molar-refractivity contribution is -0.138. The molecule has 0 atom stereocenters. The number of carbonyl (C=O) groups is 3. The van der Waals surface area contributed by atoms with Crippen LogP contribution in [0.25, 0.3) is 0 Å². The van der Waals surface area contributed by atoms with Crippen molar-refractivity contribution in [1.82, 2.24) is 10.3 Å². The zero-order valence-electron chi connectivity index (χ0n) is 21.5. The Labute approximate surface area is 222 Å². The van der Waals surface area contributed by atoms with Gasteiger partial charge in [0.05, 0.1) is 18.4 Å². The fraction of sp³-hybridized carbons (Fsp3) is 0.259.